The van der Waals surface area contributed by atoms with E-state index < -0.39 is 0 Å². The zero-order valence-electron chi connectivity index (χ0n) is 11.6. The van der Waals surface area contributed by atoms with Gasteiger partial charge in [-0.05, 0) is 57.3 Å². The highest BCUT2D eigenvalue weighted by atomic mass is 79.9. The Morgan fingerprint density at radius 2 is 2.15 bits per heavy atom. The summed E-state index contributed by atoms with van der Waals surface area (Å²) in [5.41, 5.74) is 2.35. The van der Waals surface area contributed by atoms with Crippen molar-refractivity contribution in [2.24, 2.45) is 0 Å². The Hall–Kier alpha value is -0.240. The minimum absolute atomic E-state index is 0.119. The summed E-state index contributed by atoms with van der Waals surface area (Å²) < 4.78 is 4.25. The average Bonchev–Trinajstić information content (AvgIpc) is 2.99. The zero-order valence-corrected chi connectivity index (χ0v) is 15.6. The van der Waals surface area contributed by atoms with Gasteiger partial charge >= 0.3 is 0 Å². The summed E-state index contributed by atoms with van der Waals surface area (Å²) in [4.78, 5) is 0. The topological polar surface area (TPSA) is 42.7 Å². The molecule has 0 aromatic carbocycles. The van der Waals surface area contributed by atoms with E-state index in [0.29, 0.717) is 0 Å². The molecule has 2 rings (SSSR count). The van der Waals surface area contributed by atoms with Crippen LogP contribution in [-0.4, -0.2) is 21.5 Å². The molecule has 110 valence electrons. The van der Waals surface area contributed by atoms with E-state index in [0.717, 1.165) is 39.2 Å². The van der Waals surface area contributed by atoms with Crippen LogP contribution in [0.5, 0.6) is 0 Å². The number of halogens is 2. The molecule has 0 amide bonds. The molecule has 0 bridgehead atoms. The van der Waals surface area contributed by atoms with Gasteiger partial charge in [-0.1, -0.05) is 19.1 Å². The van der Waals surface area contributed by atoms with Crippen LogP contribution in [0, 0.1) is 0 Å². The first-order valence-corrected chi connectivity index (χ1v) is 9.14. The van der Waals surface area contributed by atoms with Gasteiger partial charge in [0.05, 0.1) is 25.5 Å². The van der Waals surface area contributed by atoms with Crippen molar-refractivity contribution in [1.82, 2.24) is 20.3 Å². The molecule has 1 unspecified atom stereocenters. The molecule has 2 aromatic heterocycles. The molecule has 1 N–H and O–H groups in total. The Morgan fingerprint density at radius 1 is 1.35 bits per heavy atom. The lowest BCUT2D eigenvalue weighted by atomic mass is 10.1. The molecule has 2 heterocycles. The molecule has 0 saturated carbocycles. The van der Waals surface area contributed by atoms with E-state index in [-0.39, 0.29) is 6.04 Å². The summed E-state index contributed by atoms with van der Waals surface area (Å²) in [6, 6.07) is 2.28. The van der Waals surface area contributed by atoms with Crippen molar-refractivity contribution in [3.8, 4) is 0 Å². The van der Waals surface area contributed by atoms with Gasteiger partial charge in [-0.3, -0.25) is 0 Å². The van der Waals surface area contributed by atoms with Crippen molar-refractivity contribution >= 4 is 43.2 Å². The maximum absolute atomic E-state index is 4.20. The van der Waals surface area contributed by atoms with Crippen LogP contribution in [0.3, 0.4) is 0 Å². The van der Waals surface area contributed by atoms with Gasteiger partial charge in [-0.25, -0.2) is 4.68 Å². The predicted octanol–water partition coefficient (Wildman–Crippen LogP) is 4.36. The maximum Gasteiger partial charge on any atom is 0.0802 e. The quantitative estimate of drug-likeness (QED) is 0.721. The summed E-state index contributed by atoms with van der Waals surface area (Å²) >= 11 is 8.90. The number of hydrogen-bond acceptors (Lipinski definition) is 4. The molecular weight excluding hydrogens is 404 g/mol. The number of nitrogens with one attached hydrogen (secondary N) is 1. The van der Waals surface area contributed by atoms with Crippen LogP contribution in [-0.2, 0) is 6.54 Å². The molecule has 0 saturated heterocycles. The van der Waals surface area contributed by atoms with Gasteiger partial charge in [0.15, 0.2) is 0 Å². The summed E-state index contributed by atoms with van der Waals surface area (Å²) in [6.45, 7) is 6.17. The second-order valence-corrected chi connectivity index (χ2v) is 8.30. The monoisotopic (exact) mass is 420 g/mol. The van der Waals surface area contributed by atoms with Crippen molar-refractivity contribution in [2.45, 2.75) is 39.3 Å². The second-order valence-electron chi connectivity index (χ2n) is 4.55. The smallest absolute Gasteiger partial charge is 0.0802 e. The SMILES string of the molecule is CCCNC(c1cc(Br)sc1Br)c1cnnn1CCC. The fourth-order valence-electron chi connectivity index (χ4n) is 2.09. The lowest BCUT2D eigenvalue weighted by Crippen LogP contribution is -2.25. The molecule has 0 aliphatic rings. The van der Waals surface area contributed by atoms with E-state index in [2.05, 4.69) is 67.4 Å². The summed E-state index contributed by atoms with van der Waals surface area (Å²) in [6.07, 6.45) is 4.00. The number of aryl methyl sites for hydroxylation is 1. The number of nitrogens with zero attached hydrogens (tertiary/aromatic N) is 3. The number of thiophene rings is 1. The predicted molar refractivity (Wildman–Crippen MR) is 90.2 cm³/mol. The maximum atomic E-state index is 4.20. The Morgan fingerprint density at radius 3 is 2.75 bits per heavy atom. The summed E-state index contributed by atoms with van der Waals surface area (Å²) in [7, 11) is 0. The Bertz CT molecular complexity index is 552. The Labute approximate surface area is 140 Å². The van der Waals surface area contributed by atoms with Crippen molar-refractivity contribution in [2.75, 3.05) is 6.54 Å². The molecule has 1 atom stereocenters. The highest BCUT2D eigenvalue weighted by molar-refractivity contribution is 9.12. The lowest BCUT2D eigenvalue weighted by Gasteiger charge is -2.19. The van der Waals surface area contributed by atoms with Gasteiger partial charge in [0.25, 0.3) is 0 Å². The fourth-order valence-corrected chi connectivity index (χ4v) is 4.99. The molecule has 0 aliphatic carbocycles. The van der Waals surface area contributed by atoms with Crippen LogP contribution in [0.25, 0.3) is 0 Å². The minimum Gasteiger partial charge on any atom is -0.305 e. The van der Waals surface area contributed by atoms with Crippen molar-refractivity contribution in [1.29, 1.82) is 0 Å². The third kappa shape index (κ3) is 3.69. The van der Waals surface area contributed by atoms with Crippen LogP contribution in [0.1, 0.15) is 44.0 Å². The van der Waals surface area contributed by atoms with Gasteiger partial charge in [0, 0.05) is 12.1 Å². The average molecular weight is 422 g/mol. The van der Waals surface area contributed by atoms with Crippen LogP contribution < -0.4 is 5.32 Å². The minimum atomic E-state index is 0.119. The van der Waals surface area contributed by atoms with Gasteiger partial charge < -0.3 is 5.32 Å². The van der Waals surface area contributed by atoms with Crippen LogP contribution in [0.4, 0.5) is 0 Å². The van der Waals surface area contributed by atoms with Gasteiger partial charge in [-0.2, -0.15) is 0 Å². The number of aromatic nitrogens is 3. The molecule has 0 spiro atoms. The van der Waals surface area contributed by atoms with Gasteiger partial charge in [-0.15, -0.1) is 16.4 Å². The Kier molecular flexibility index (Phi) is 6.20. The van der Waals surface area contributed by atoms with Crippen molar-refractivity contribution in [3.05, 3.63) is 31.1 Å². The third-order valence-electron chi connectivity index (χ3n) is 2.97. The molecule has 4 nitrogen and oxygen atoms in total. The zero-order chi connectivity index (χ0) is 14.5. The standard InChI is InChI=1S/C13H18Br2N4S/c1-3-5-16-12(9-7-11(14)20-13(9)15)10-8-17-18-19(10)6-4-2/h7-8,12,16H,3-6H2,1-2H3. The van der Waals surface area contributed by atoms with Gasteiger partial charge in [0.1, 0.15) is 0 Å². The van der Waals surface area contributed by atoms with Gasteiger partial charge in [0.2, 0.25) is 0 Å². The first kappa shape index (κ1) is 16.1. The number of rotatable bonds is 7. The van der Waals surface area contributed by atoms with Crippen molar-refractivity contribution < 1.29 is 0 Å². The summed E-state index contributed by atoms with van der Waals surface area (Å²) in [5.74, 6) is 0. The molecule has 0 aliphatic heterocycles. The highest BCUT2D eigenvalue weighted by Crippen LogP contribution is 2.37. The van der Waals surface area contributed by atoms with E-state index in [1.807, 2.05) is 10.9 Å². The Balaban J connectivity index is 2.36. The molecule has 20 heavy (non-hydrogen) atoms. The molecule has 0 radical (unpaired) electrons. The van der Waals surface area contributed by atoms with E-state index >= 15 is 0 Å². The molecule has 2 aromatic rings. The molecular formula is C13H18Br2N4S. The third-order valence-corrected chi connectivity index (χ3v) is 5.36. The first-order chi connectivity index (χ1) is 9.67. The van der Waals surface area contributed by atoms with E-state index in [9.17, 15) is 0 Å². The van der Waals surface area contributed by atoms with E-state index in [1.165, 1.54) is 5.56 Å². The van der Waals surface area contributed by atoms with Crippen LogP contribution in [0.15, 0.2) is 19.8 Å². The lowest BCUT2D eigenvalue weighted by molar-refractivity contribution is 0.504. The van der Waals surface area contributed by atoms with E-state index in [4.69, 9.17) is 0 Å². The number of hydrogen-bond donors (Lipinski definition) is 1. The summed E-state index contributed by atoms with van der Waals surface area (Å²) in [5, 5.41) is 11.9. The molecule has 0 fully saturated rings. The highest BCUT2D eigenvalue weighted by Gasteiger charge is 2.22. The van der Waals surface area contributed by atoms with Crippen LogP contribution >= 0.6 is 43.2 Å². The largest absolute Gasteiger partial charge is 0.305 e. The normalized spacial score (nSPS) is 12.8. The van der Waals surface area contributed by atoms with Crippen molar-refractivity contribution in [3.63, 3.8) is 0 Å². The second kappa shape index (κ2) is 7.68. The van der Waals surface area contributed by atoms with Crippen LogP contribution in [0.2, 0.25) is 0 Å². The first-order valence-electron chi connectivity index (χ1n) is 6.73. The van der Waals surface area contributed by atoms with E-state index in [1.54, 1.807) is 11.3 Å². The molecule has 7 heteroatoms. The fraction of sp³-hybridized carbons (Fsp3) is 0.538.